The van der Waals surface area contributed by atoms with Gasteiger partial charge in [-0.2, -0.15) is 0 Å². The molecule has 0 aromatic carbocycles. The third kappa shape index (κ3) is 2.54. The molecule has 6 nitrogen and oxygen atoms in total. The van der Waals surface area contributed by atoms with Gasteiger partial charge in [-0.3, -0.25) is 10.1 Å². The molecule has 0 amide bonds. The number of halogens is 3. The maximum Gasteiger partial charge on any atom is 0.346 e. The number of methoxy groups -OCH3 is 1. The summed E-state index contributed by atoms with van der Waals surface area (Å²) >= 11 is 2.67. The third-order valence-electron chi connectivity index (χ3n) is 1.85. The number of ether oxygens (including phenoxy) is 1. The normalized spacial score (nSPS) is 10.4. The van der Waals surface area contributed by atoms with E-state index in [4.69, 9.17) is 0 Å². The van der Waals surface area contributed by atoms with Gasteiger partial charge in [0, 0.05) is 6.20 Å². The molecule has 1 rings (SSSR count). The van der Waals surface area contributed by atoms with Gasteiger partial charge in [0.05, 0.1) is 12.0 Å². The lowest BCUT2D eigenvalue weighted by Gasteiger charge is -2.07. The zero-order valence-corrected chi connectivity index (χ0v) is 9.90. The molecule has 0 fully saturated rings. The van der Waals surface area contributed by atoms with E-state index >= 15 is 0 Å². The Morgan fingerprint density at radius 1 is 1.65 bits per heavy atom. The van der Waals surface area contributed by atoms with Gasteiger partial charge in [-0.05, 0) is 15.9 Å². The highest BCUT2D eigenvalue weighted by Gasteiger charge is 2.32. The van der Waals surface area contributed by atoms with E-state index in [9.17, 15) is 23.7 Å². The summed E-state index contributed by atoms with van der Waals surface area (Å²) < 4.78 is 29.2. The molecule has 0 radical (unpaired) electrons. The number of esters is 1. The average molecular weight is 311 g/mol. The van der Waals surface area contributed by atoms with Crippen molar-refractivity contribution >= 4 is 27.6 Å². The standard InChI is InChI=1S/C8H5BrF2N2O4/c1-17-8(14)3-2-12-6(9)4(7(10)11)5(3)13(15)16/h2,7H,1H3. The maximum absolute atomic E-state index is 12.7. The summed E-state index contributed by atoms with van der Waals surface area (Å²) in [5.74, 6) is -1.10. The molecule has 0 spiro atoms. The van der Waals surface area contributed by atoms with Gasteiger partial charge in [0.2, 0.25) is 0 Å². The van der Waals surface area contributed by atoms with E-state index in [2.05, 4.69) is 25.7 Å². The lowest BCUT2D eigenvalue weighted by Crippen LogP contribution is -2.10. The van der Waals surface area contributed by atoms with Crippen molar-refractivity contribution in [3.8, 4) is 0 Å². The second kappa shape index (κ2) is 5.13. The fraction of sp³-hybridized carbons (Fsp3) is 0.250. The van der Waals surface area contributed by atoms with Crippen LogP contribution in [0.5, 0.6) is 0 Å². The van der Waals surface area contributed by atoms with E-state index in [-0.39, 0.29) is 4.60 Å². The third-order valence-corrected chi connectivity index (χ3v) is 2.48. The highest BCUT2D eigenvalue weighted by Crippen LogP contribution is 2.36. The van der Waals surface area contributed by atoms with Crippen LogP contribution >= 0.6 is 15.9 Å². The number of rotatable bonds is 3. The summed E-state index contributed by atoms with van der Waals surface area (Å²) in [6.07, 6.45) is -2.33. The molecular formula is C8H5BrF2N2O4. The minimum Gasteiger partial charge on any atom is -0.465 e. The summed E-state index contributed by atoms with van der Waals surface area (Å²) in [6.45, 7) is 0. The van der Waals surface area contributed by atoms with Crippen molar-refractivity contribution < 1.29 is 23.2 Å². The van der Waals surface area contributed by atoms with E-state index in [0.717, 1.165) is 13.3 Å². The van der Waals surface area contributed by atoms with Gasteiger partial charge in [-0.1, -0.05) is 0 Å². The number of alkyl halides is 2. The number of pyridine rings is 1. The maximum atomic E-state index is 12.7. The van der Waals surface area contributed by atoms with Gasteiger partial charge < -0.3 is 4.74 Å². The first kappa shape index (κ1) is 13.4. The lowest BCUT2D eigenvalue weighted by atomic mass is 10.1. The van der Waals surface area contributed by atoms with Crippen LogP contribution in [0.4, 0.5) is 14.5 Å². The monoisotopic (exact) mass is 310 g/mol. The van der Waals surface area contributed by atoms with Crippen molar-refractivity contribution in [1.82, 2.24) is 4.98 Å². The highest BCUT2D eigenvalue weighted by atomic mass is 79.9. The van der Waals surface area contributed by atoms with Crippen LogP contribution in [-0.4, -0.2) is 23.0 Å². The van der Waals surface area contributed by atoms with Gasteiger partial charge in [0.15, 0.2) is 5.56 Å². The largest absolute Gasteiger partial charge is 0.465 e. The second-order valence-electron chi connectivity index (χ2n) is 2.77. The molecule has 92 valence electrons. The zero-order valence-electron chi connectivity index (χ0n) is 8.32. The number of hydrogen-bond donors (Lipinski definition) is 0. The van der Waals surface area contributed by atoms with Crippen molar-refractivity contribution in [3.63, 3.8) is 0 Å². The van der Waals surface area contributed by atoms with Crippen LogP contribution in [0.25, 0.3) is 0 Å². The van der Waals surface area contributed by atoms with Crippen molar-refractivity contribution in [3.05, 3.63) is 32.0 Å². The van der Waals surface area contributed by atoms with Crippen LogP contribution in [-0.2, 0) is 4.74 Å². The quantitative estimate of drug-likeness (QED) is 0.371. The number of hydrogen-bond acceptors (Lipinski definition) is 5. The van der Waals surface area contributed by atoms with Crippen LogP contribution in [0, 0.1) is 10.1 Å². The molecule has 0 aliphatic rings. The molecule has 0 aliphatic carbocycles. The number of carbonyl (C=O) groups is 1. The van der Waals surface area contributed by atoms with Gasteiger partial charge >= 0.3 is 5.97 Å². The first-order valence-corrected chi connectivity index (χ1v) is 4.88. The molecule has 1 aromatic rings. The van der Waals surface area contributed by atoms with E-state index < -0.39 is 34.1 Å². The molecule has 1 aromatic heterocycles. The second-order valence-corrected chi connectivity index (χ2v) is 3.53. The van der Waals surface area contributed by atoms with E-state index in [1.165, 1.54) is 0 Å². The van der Waals surface area contributed by atoms with Gasteiger partial charge in [-0.25, -0.2) is 18.6 Å². The number of nitro groups is 1. The molecule has 0 atom stereocenters. The minimum atomic E-state index is -3.14. The van der Waals surface area contributed by atoms with Crippen molar-refractivity contribution in [2.75, 3.05) is 7.11 Å². The van der Waals surface area contributed by atoms with Crippen molar-refractivity contribution in [2.45, 2.75) is 6.43 Å². The Morgan fingerprint density at radius 3 is 2.65 bits per heavy atom. The summed E-state index contributed by atoms with van der Waals surface area (Å²) in [4.78, 5) is 24.3. The summed E-state index contributed by atoms with van der Waals surface area (Å²) in [6, 6.07) is 0. The predicted octanol–water partition coefficient (Wildman–Crippen LogP) is 2.48. The van der Waals surface area contributed by atoms with E-state index in [1.54, 1.807) is 0 Å². The molecule has 1 heterocycles. The first-order chi connectivity index (χ1) is 7.90. The first-order valence-electron chi connectivity index (χ1n) is 4.09. The summed E-state index contributed by atoms with van der Waals surface area (Å²) in [5, 5.41) is 10.7. The molecule has 0 saturated heterocycles. The SMILES string of the molecule is COC(=O)c1cnc(Br)c(C(F)F)c1[N+](=O)[O-]. The highest BCUT2D eigenvalue weighted by molar-refractivity contribution is 9.10. The predicted molar refractivity (Wildman–Crippen MR) is 54.9 cm³/mol. The topological polar surface area (TPSA) is 82.3 Å². The van der Waals surface area contributed by atoms with Gasteiger partial charge in [0.25, 0.3) is 12.1 Å². The Hall–Kier alpha value is -1.64. The van der Waals surface area contributed by atoms with Crippen LogP contribution in [0.3, 0.4) is 0 Å². The Labute approximate surface area is 102 Å². The fourth-order valence-corrected chi connectivity index (χ4v) is 1.61. The van der Waals surface area contributed by atoms with Crippen molar-refractivity contribution in [2.24, 2.45) is 0 Å². The summed E-state index contributed by atoms with van der Waals surface area (Å²) in [5.41, 5.74) is -2.57. The molecule has 0 bridgehead atoms. The lowest BCUT2D eigenvalue weighted by molar-refractivity contribution is -0.386. The van der Waals surface area contributed by atoms with Gasteiger partial charge in [-0.15, -0.1) is 0 Å². The number of aromatic nitrogens is 1. The Morgan fingerprint density at radius 2 is 2.24 bits per heavy atom. The Balaban J connectivity index is 3.59. The fourth-order valence-electron chi connectivity index (χ4n) is 1.14. The molecule has 0 saturated carbocycles. The molecule has 17 heavy (non-hydrogen) atoms. The average Bonchev–Trinajstić information content (AvgIpc) is 2.26. The Kier molecular flexibility index (Phi) is 4.05. The van der Waals surface area contributed by atoms with E-state index in [0.29, 0.717) is 0 Å². The zero-order chi connectivity index (χ0) is 13.2. The van der Waals surface area contributed by atoms with Crippen LogP contribution in [0.2, 0.25) is 0 Å². The number of nitrogens with zero attached hydrogens (tertiary/aromatic N) is 2. The summed E-state index contributed by atoms with van der Waals surface area (Å²) in [7, 11) is 0.982. The molecular weight excluding hydrogens is 306 g/mol. The van der Waals surface area contributed by atoms with Crippen LogP contribution in [0.1, 0.15) is 22.3 Å². The molecule has 9 heteroatoms. The van der Waals surface area contributed by atoms with E-state index in [1.807, 2.05) is 0 Å². The minimum absolute atomic E-state index is 0.383. The van der Waals surface area contributed by atoms with Crippen LogP contribution < -0.4 is 0 Å². The van der Waals surface area contributed by atoms with Crippen LogP contribution in [0.15, 0.2) is 10.8 Å². The molecule has 0 unspecified atom stereocenters. The van der Waals surface area contributed by atoms with Gasteiger partial charge in [0.1, 0.15) is 10.2 Å². The molecule has 0 aliphatic heterocycles. The van der Waals surface area contributed by atoms with Crippen molar-refractivity contribution in [1.29, 1.82) is 0 Å². The smallest absolute Gasteiger partial charge is 0.346 e. The Bertz CT molecular complexity index is 481. The molecule has 0 N–H and O–H groups in total. The number of carbonyl (C=O) groups excluding carboxylic acids is 1.